The molecule has 2 aliphatic rings. The molecule has 0 saturated heterocycles. The quantitative estimate of drug-likeness (QED) is 0.215. The van der Waals surface area contributed by atoms with E-state index in [1.165, 1.54) is 11.3 Å². The normalized spacial score (nSPS) is 14.6. The fourth-order valence-electron chi connectivity index (χ4n) is 4.95. The summed E-state index contributed by atoms with van der Waals surface area (Å²) in [7, 11) is 5.21. The first-order chi connectivity index (χ1) is 21.0. The van der Waals surface area contributed by atoms with Gasteiger partial charge in [-0.25, -0.2) is 0 Å². The highest BCUT2D eigenvalue weighted by atomic mass is 16.5. The second-order valence-electron chi connectivity index (χ2n) is 9.86. The number of allylic oxidation sites excluding steroid dienone is 2. The number of benzene rings is 3. The van der Waals surface area contributed by atoms with E-state index in [9.17, 15) is 9.59 Å². The fourth-order valence-corrected chi connectivity index (χ4v) is 4.95. The summed E-state index contributed by atoms with van der Waals surface area (Å²) in [5.41, 5.74) is 10.6. The number of nitrogen functional groups attached to an aromatic ring is 1. The van der Waals surface area contributed by atoms with Gasteiger partial charge < -0.3 is 29.7 Å². The summed E-state index contributed by atoms with van der Waals surface area (Å²) >= 11 is 0. The van der Waals surface area contributed by atoms with E-state index in [-0.39, 0.29) is 6.04 Å². The Morgan fingerprint density at radius 3 is 2.33 bits per heavy atom. The standard InChI is InChI=1S/C26H28N2O4.C7H9NO.C2H6/c1-27-22(12-20-10-6-7-11-23(20)27)15-28(18-30)24-14-26(25(31-2)13-21(24)16-29)32-17-19-8-4-3-5-9-19;1-9-7-4-2-6(8)3-5-7;1-2/h4,6-11,13-14,16,18,22H,3,5,12,15,17H2,1-2H3;2-5H,8H2,1H3;1-2H3. The van der Waals surface area contributed by atoms with Crippen molar-refractivity contribution < 1.29 is 23.8 Å². The summed E-state index contributed by atoms with van der Waals surface area (Å²) < 4.78 is 16.4. The van der Waals surface area contributed by atoms with E-state index in [0.717, 1.165) is 49.0 Å². The molecule has 5 rings (SSSR count). The Balaban J connectivity index is 0.000000390. The van der Waals surface area contributed by atoms with Crippen molar-refractivity contribution in [2.24, 2.45) is 0 Å². The van der Waals surface area contributed by atoms with Gasteiger partial charge in [0, 0.05) is 36.6 Å². The molecule has 43 heavy (non-hydrogen) atoms. The molecule has 8 heteroatoms. The summed E-state index contributed by atoms with van der Waals surface area (Å²) in [5, 5.41) is 0. The Hall–Kier alpha value is -4.72. The molecule has 3 aromatic rings. The SMILES string of the molecule is CC.COc1cc(C=O)c(N(C=O)CC2Cc3ccccc3N2C)cc1OCC1=CCCC=C1.COc1ccc(N)cc1. The molecular weight excluding hydrogens is 542 g/mol. The zero-order chi connectivity index (χ0) is 31.2. The number of hydrogen-bond acceptors (Lipinski definition) is 7. The van der Waals surface area contributed by atoms with Gasteiger partial charge >= 0.3 is 0 Å². The molecule has 1 aliphatic carbocycles. The Kier molecular flexibility index (Phi) is 12.7. The lowest BCUT2D eigenvalue weighted by atomic mass is 10.1. The molecule has 0 radical (unpaired) electrons. The maximum absolute atomic E-state index is 12.1. The third kappa shape index (κ3) is 8.64. The highest BCUT2D eigenvalue weighted by Crippen LogP contribution is 2.36. The monoisotopic (exact) mass is 585 g/mol. The van der Waals surface area contributed by atoms with E-state index < -0.39 is 0 Å². The lowest BCUT2D eigenvalue weighted by molar-refractivity contribution is -0.107. The molecule has 1 unspecified atom stereocenters. The van der Waals surface area contributed by atoms with Crippen LogP contribution in [0, 0.1) is 0 Å². The van der Waals surface area contributed by atoms with Crippen LogP contribution in [0.3, 0.4) is 0 Å². The molecule has 0 fully saturated rings. The van der Waals surface area contributed by atoms with Crippen molar-refractivity contribution in [3.05, 3.63) is 95.6 Å². The smallest absolute Gasteiger partial charge is 0.214 e. The van der Waals surface area contributed by atoms with Crippen molar-refractivity contribution in [2.75, 3.05) is 50.0 Å². The van der Waals surface area contributed by atoms with Gasteiger partial charge in [0.05, 0.1) is 25.9 Å². The molecule has 8 nitrogen and oxygen atoms in total. The number of anilines is 3. The maximum Gasteiger partial charge on any atom is 0.214 e. The second kappa shape index (κ2) is 16.7. The first-order valence-electron chi connectivity index (χ1n) is 14.5. The minimum absolute atomic E-state index is 0.112. The Labute approximate surface area is 255 Å². The van der Waals surface area contributed by atoms with E-state index in [4.69, 9.17) is 19.9 Å². The van der Waals surface area contributed by atoms with Crippen molar-refractivity contribution in [3.8, 4) is 17.2 Å². The molecule has 0 aromatic heterocycles. The molecule has 2 N–H and O–H groups in total. The van der Waals surface area contributed by atoms with E-state index in [1.807, 2.05) is 45.2 Å². The molecule has 1 atom stereocenters. The maximum atomic E-state index is 12.1. The van der Waals surface area contributed by atoms with Gasteiger partial charge in [0.1, 0.15) is 12.4 Å². The van der Waals surface area contributed by atoms with Gasteiger partial charge in [-0.05, 0) is 66.8 Å². The highest BCUT2D eigenvalue weighted by molar-refractivity contribution is 5.92. The molecule has 0 bridgehead atoms. The number of likely N-dealkylation sites (N-methyl/N-ethyl adjacent to an activating group) is 1. The van der Waals surface area contributed by atoms with Crippen LogP contribution in [0.15, 0.2) is 84.5 Å². The number of amides is 1. The summed E-state index contributed by atoms with van der Waals surface area (Å²) in [6, 6.07) is 19.0. The lowest BCUT2D eigenvalue weighted by Gasteiger charge is -2.29. The Bertz CT molecular complexity index is 1400. The Morgan fingerprint density at radius 1 is 0.977 bits per heavy atom. The van der Waals surface area contributed by atoms with E-state index in [2.05, 4.69) is 35.3 Å². The van der Waals surface area contributed by atoms with Crippen LogP contribution >= 0.6 is 0 Å². The van der Waals surface area contributed by atoms with Crippen LogP contribution in [0.5, 0.6) is 17.2 Å². The summed E-state index contributed by atoms with van der Waals surface area (Å²) in [5.74, 6) is 1.81. The number of nitrogens with two attached hydrogens (primary N) is 1. The molecule has 0 spiro atoms. The predicted molar refractivity (Wildman–Crippen MR) is 175 cm³/mol. The van der Waals surface area contributed by atoms with Crippen LogP contribution in [0.4, 0.5) is 17.1 Å². The van der Waals surface area contributed by atoms with Crippen LogP contribution in [-0.4, -0.2) is 53.2 Å². The molecule has 1 aliphatic heterocycles. The highest BCUT2D eigenvalue weighted by Gasteiger charge is 2.29. The van der Waals surface area contributed by atoms with E-state index in [1.54, 1.807) is 43.4 Å². The number of carbonyl (C=O) groups is 2. The fraction of sp³-hybridized carbons (Fsp3) is 0.314. The molecule has 3 aromatic carbocycles. The lowest BCUT2D eigenvalue weighted by Crippen LogP contribution is -2.40. The zero-order valence-electron chi connectivity index (χ0n) is 25.8. The van der Waals surface area contributed by atoms with Gasteiger partial charge in [0.15, 0.2) is 17.8 Å². The van der Waals surface area contributed by atoms with Gasteiger partial charge in [-0.3, -0.25) is 9.59 Å². The van der Waals surface area contributed by atoms with Gasteiger partial charge in [0.25, 0.3) is 0 Å². The first kappa shape index (κ1) is 32.8. The number of hydrogen-bond donors (Lipinski definition) is 1. The number of carbonyl (C=O) groups excluding carboxylic acids is 2. The third-order valence-electron chi connectivity index (χ3n) is 7.24. The van der Waals surface area contributed by atoms with Gasteiger partial charge in [0.2, 0.25) is 6.41 Å². The second-order valence-corrected chi connectivity index (χ2v) is 9.86. The number of aldehydes is 1. The van der Waals surface area contributed by atoms with Crippen LogP contribution in [0.2, 0.25) is 0 Å². The number of rotatable bonds is 10. The molecule has 1 heterocycles. The summed E-state index contributed by atoms with van der Waals surface area (Å²) in [4.78, 5) is 27.7. The van der Waals surface area contributed by atoms with Crippen LogP contribution in [-0.2, 0) is 11.2 Å². The number of nitrogens with zero attached hydrogens (tertiary/aromatic N) is 2. The van der Waals surface area contributed by atoms with Crippen molar-refractivity contribution in [3.63, 3.8) is 0 Å². The van der Waals surface area contributed by atoms with E-state index in [0.29, 0.717) is 35.9 Å². The van der Waals surface area contributed by atoms with Gasteiger partial charge in [-0.1, -0.05) is 50.3 Å². The predicted octanol–water partition coefficient (Wildman–Crippen LogP) is 6.49. The molecule has 0 saturated carbocycles. The zero-order valence-corrected chi connectivity index (χ0v) is 25.8. The number of para-hydroxylation sites is 1. The van der Waals surface area contributed by atoms with Gasteiger partial charge in [-0.2, -0.15) is 0 Å². The average molecular weight is 586 g/mol. The van der Waals surface area contributed by atoms with E-state index >= 15 is 0 Å². The molecular formula is C35H43N3O5. The van der Waals surface area contributed by atoms with Crippen molar-refractivity contribution >= 4 is 29.8 Å². The number of fused-ring (bicyclic) bond motifs is 1. The van der Waals surface area contributed by atoms with Crippen LogP contribution < -0.4 is 29.7 Å². The number of methoxy groups -OCH3 is 2. The Morgan fingerprint density at radius 2 is 1.72 bits per heavy atom. The number of ether oxygens (including phenoxy) is 3. The van der Waals surface area contributed by atoms with Crippen LogP contribution in [0.1, 0.15) is 42.6 Å². The summed E-state index contributed by atoms with van der Waals surface area (Å²) in [6.07, 6.45) is 10.7. The molecule has 228 valence electrons. The first-order valence-corrected chi connectivity index (χ1v) is 14.5. The molecule has 1 amide bonds. The van der Waals surface area contributed by atoms with Crippen molar-refractivity contribution in [2.45, 2.75) is 39.2 Å². The topological polar surface area (TPSA) is 94.3 Å². The minimum Gasteiger partial charge on any atom is -0.497 e. The van der Waals surface area contributed by atoms with Crippen molar-refractivity contribution in [1.82, 2.24) is 0 Å². The van der Waals surface area contributed by atoms with Crippen LogP contribution in [0.25, 0.3) is 0 Å². The van der Waals surface area contributed by atoms with Crippen molar-refractivity contribution in [1.29, 1.82) is 0 Å². The third-order valence-corrected chi connectivity index (χ3v) is 7.24. The summed E-state index contributed by atoms with van der Waals surface area (Å²) in [6.45, 7) is 4.85. The average Bonchev–Trinajstić information content (AvgIpc) is 3.38. The van der Waals surface area contributed by atoms with Gasteiger partial charge in [-0.15, -0.1) is 0 Å². The minimum atomic E-state index is 0.112. The largest absolute Gasteiger partial charge is 0.497 e.